The SMILES string of the molecule is CCCOc1cc(C(NC(=O)c2ccc(Cl)cc2)NC(=O)c2ccc(Cl)cc2)ccc1OC. The van der Waals surface area contributed by atoms with E-state index in [-0.39, 0.29) is 11.8 Å². The number of carbonyl (C=O) groups excluding carboxylic acids is 2. The minimum absolute atomic E-state index is 0.375. The Kier molecular flexibility index (Phi) is 8.58. The van der Waals surface area contributed by atoms with Gasteiger partial charge in [-0.3, -0.25) is 9.59 Å². The number of benzene rings is 3. The van der Waals surface area contributed by atoms with Gasteiger partial charge in [0.05, 0.1) is 13.7 Å². The number of rotatable bonds is 9. The number of methoxy groups -OCH3 is 1. The van der Waals surface area contributed by atoms with E-state index in [0.29, 0.717) is 44.8 Å². The highest BCUT2D eigenvalue weighted by molar-refractivity contribution is 6.31. The fraction of sp³-hybridized carbons (Fsp3) is 0.200. The van der Waals surface area contributed by atoms with Crippen LogP contribution in [-0.4, -0.2) is 25.5 Å². The topological polar surface area (TPSA) is 76.7 Å². The lowest BCUT2D eigenvalue weighted by atomic mass is 10.1. The summed E-state index contributed by atoms with van der Waals surface area (Å²) in [5, 5.41) is 6.77. The van der Waals surface area contributed by atoms with Gasteiger partial charge in [-0.05, 0) is 72.6 Å². The number of hydrogen-bond donors (Lipinski definition) is 2. The molecule has 0 saturated carbocycles. The number of nitrogens with one attached hydrogen (secondary N) is 2. The van der Waals surface area contributed by atoms with Crippen LogP contribution in [0.25, 0.3) is 0 Å². The van der Waals surface area contributed by atoms with Gasteiger partial charge in [0.25, 0.3) is 11.8 Å². The van der Waals surface area contributed by atoms with Gasteiger partial charge in [-0.15, -0.1) is 0 Å². The number of amides is 2. The molecule has 6 nitrogen and oxygen atoms in total. The third-order valence-electron chi connectivity index (χ3n) is 4.75. The molecule has 0 spiro atoms. The van der Waals surface area contributed by atoms with Gasteiger partial charge in [0.15, 0.2) is 11.5 Å². The van der Waals surface area contributed by atoms with Crippen LogP contribution in [0, 0.1) is 0 Å². The molecule has 8 heteroatoms. The number of halogens is 2. The van der Waals surface area contributed by atoms with E-state index < -0.39 is 6.17 Å². The Bertz CT molecular complexity index is 1040. The predicted molar refractivity (Wildman–Crippen MR) is 129 cm³/mol. The van der Waals surface area contributed by atoms with Crippen LogP contribution in [0.1, 0.15) is 45.8 Å². The molecule has 0 radical (unpaired) electrons. The van der Waals surface area contributed by atoms with Crippen LogP contribution >= 0.6 is 23.2 Å². The second-order valence-electron chi connectivity index (χ2n) is 7.15. The molecule has 0 atom stereocenters. The normalized spacial score (nSPS) is 10.6. The lowest BCUT2D eigenvalue weighted by molar-refractivity contribution is 0.0883. The van der Waals surface area contributed by atoms with E-state index in [0.717, 1.165) is 6.42 Å². The molecule has 3 aromatic carbocycles. The fourth-order valence-corrected chi connectivity index (χ4v) is 3.28. The second-order valence-corrected chi connectivity index (χ2v) is 8.03. The average Bonchev–Trinajstić information content (AvgIpc) is 2.82. The van der Waals surface area contributed by atoms with Crippen molar-refractivity contribution in [2.75, 3.05) is 13.7 Å². The summed E-state index contributed by atoms with van der Waals surface area (Å²) < 4.78 is 11.2. The Balaban J connectivity index is 1.91. The first-order valence-electron chi connectivity index (χ1n) is 10.3. The molecular formula is C25H24Cl2N2O4. The molecule has 0 fully saturated rings. The van der Waals surface area contributed by atoms with Crippen molar-refractivity contribution in [3.63, 3.8) is 0 Å². The highest BCUT2D eigenvalue weighted by Crippen LogP contribution is 2.30. The van der Waals surface area contributed by atoms with Crippen molar-refractivity contribution < 1.29 is 19.1 Å². The summed E-state index contributed by atoms with van der Waals surface area (Å²) in [7, 11) is 1.55. The molecule has 0 aliphatic rings. The summed E-state index contributed by atoms with van der Waals surface area (Å²) in [5.41, 5.74) is 1.42. The van der Waals surface area contributed by atoms with E-state index in [1.807, 2.05) is 6.92 Å². The maximum Gasteiger partial charge on any atom is 0.253 e. The molecule has 0 aliphatic heterocycles. The van der Waals surface area contributed by atoms with Crippen molar-refractivity contribution in [3.8, 4) is 11.5 Å². The van der Waals surface area contributed by atoms with E-state index >= 15 is 0 Å². The molecule has 3 aromatic rings. The van der Waals surface area contributed by atoms with Crippen LogP contribution in [0.15, 0.2) is 66.7 Å². The molecule has 0 aliphatic carbocycles. The van der Waals surface area contributed by atoms with E-state index in [2.05, 4.69) is 10.6 Å². The maximum absolute atomic E-state index is 12.9. The molecule has 0 heterocycles. The zero-order chi connectivity index (χ0) is 23.8. The van der Waals surface area contributed by atoms with Gasteiger partial charge >= 0.3 is 0 Å². The Hall–Kier alpha value is -3.22. The van der Waals surface area contributed by atoms with Crippen molar-refractivity contribution in [3.05, 3.63) is 93.5 Å². The van der Waals surface area contributed by atoms with Gasteiger partial charge in [-0.2, -0.15) is 0 Å². The lowest BCUT2D eigenvalue weighted by Gasteiger charge is -2.22. The quantitative estimate of drug-likeness (QED) is 0.383. The zero-order valence-electron chi connectivity index (χ0n) is 18.2. The van der Waals surface area contributed by atoms with Gasteiger partial charge < -0.3 is 20.1 Å². The van der Waals surface area contributed by atoms with Crippen molar-refractivity contribution in [2.24, 2.45) is 0 Å². The van der Waals surface area contributed by atoms with Crippen LogP contribution in [0.5, 0.6) is 11.5 Å². The summed E-state index contributed by atoms with van der Waals surface area (Å²) in [6.45, 7) is 2.50. The zero-order valence-corrected chi connectivity index (χ0v) is 19.7. The molecule has 0 unspecified atom stereocenters. The molecule has 172 valence electrons. The van der Waals surface area contributed by atoms with Gasteiger partial charge in [-0.25, -0.2) is 0 Å². The third-order valence-corrected chi connectivity index (χ3v) is 5.25. The van der Waals surface area contributed by atoms with E-state index in [1.165, 1.54) is 0 Å². The minimum Gasteiger partial charge on any atom is -0.493 e. The number of hydrogen-bond acceptors (Lipinski definition) is 4. The first-order valence-corrected chi connectivity index (χ1v) is 11.1. The fourth-order valence-electron chi connectivity index (χ4n) is 3.03. The highest BCUT2D eigenvalue weighted by atomic mass is 35.5. The van der Waals surface area contributed by atoms with Crippen molar-refractivity contribution in [1.82, 2.24) is 10.6 Å². The van der Waals surface area contributed by atoms with Crippen molar-refractivity contribution in [1.29, 1.82) is 0 Å². The van der Waals surface area contributed by atoms with Crippen LogP contribution in [0.3, 0.4) is 0 Å². The largest absolute Gasteiger partial charge is 0.493 e. The van der Waals surface area contributed by atoms with E-state index in [1.54, 1.807) is 73.8 Å². The van der Waals surface area contributed by atoms with Crippen LogP contribution in [0.2, 0.25) is 10.0 Å². The lowest BCUT2D eigenvalue weighted by Crippen LogP contribution is -2.41. The summed E-state index contributed by atoms with van der Waals surface area (Å²) in [5.74, 6) is 0.321. The maximum atomic E-state index is 12.9. The van der Waals surface area contributed by atoms with E-state index in [4.69, 9.17) is 32.7 Å². The molecule has 2 amide bonds. The smallest absolute Gasteiger partial charge is 0.253 e. The van der Waals surface area contributed by atoms with Crippen molar-refractivity contribution in [2.45, 2.75) is 19.5 Å². The molecular weight excluding hydrogens is 463 g/mol. The Morgan fingerprint density at radius 1 is 0.818 bits per heavy atom. The van der Waals surface area contributed by atoms with Crippen LogP contribution in [-0.2, 0) is 0 Å². The Morgan fingerprint density at radius 2 is 1.33 bits per heavy atom. The summed E-state index contributed by atoms with van der Waals surface area (Å²) >= 11 is 11.9. The second kappa shape index (κ2) is 11.6. The van der Waals surface area contributed by atoms with Gasteiger partial charge in [0.2, 0.25) is 0 Å². The molecule has 33 heavy (non-hydrogen) atoms. The molecule has 0 saturated heterocycles. The first kappa shape index (κ1) is 24.4. The summed E-state index contributed by atoms with van der Waals surface area (Å²) in [6, 6.07) is 18.2. The Morgan fingerprint density at radius 3 is 1.79 bits per heavy atom. The van der Waals surface area contributed by atoms with E-state index in [9.17, 15) is 9.59 Å². The summed E-state index contributed by atoms with van der Waals surface area (Å²) in [4.78, 5) is 25.8. The number of carbonyl (C=O) groups is 2. The molecule has 3 rings (SSSR count). The molecule has 2 N–H and O–H groups in total. The first-order chi connectivity index (χ1) is 15.9. The predicted octanol–water partition coefficient (Wildman–Crippen LogP) is 5.65. The summed E-state index contributed by atoms with van der Waals surface area (Å²) in [6.07, 6.45) is -0.0246. The van der Waals surface area contributed by atoms with Crippen molar-refractivity contribution >= 4 is 35.0 Å². The van der Waals surface area contributed by atoms with Gasteiger partial charge in [-0.1, -0.05) is 36.2 Å². The number of ether oxygens (including phenoxy) is 2. The molecule has 0 aromatic heterocycles. The monoisotopic (exact) mass is 486 g/mol. The molecule has 0 bridgehead atoms. The minimum atomic E-state index is -0.841. The van der Waals surface area contributed by atoms with Gasteiger partial charge in [0.1, 0.15) is 6.17 Å². The third kappa shape index (κ3) is 6.63. The highest BCUT2D eigenvalue weighted by Gasteiger charge is 2.21. The van der Waals surface area contributed by atoms with Crippen LogP contribution < -0.4 is 20.1 Å². The average molecular weight is 487 g/mol. The standard InChI is InChI=1S/C25H24Cl2N2O4/c1-3-14-33-22-15-18(8-13-21(22)32-2)23(28-24(30)16-4-9-19(26)10-5-16)29-25(31)17-6-11-20(27)12-7-17/h4-13,15,23H,3,14H2,1-2H3,(H,28,30)(H,29,31). The van der Waals surface area contributed by atoms with Gasteiger partial charge in [0, 0.05) is 21.2 Å². The Labute approximate surface area is 202 Å². The van der Waals surface area contributed by atoms with Crippen LogP contribution in [0.4, 0.5) is 0 Å².